The van der Waals surface area contributed by atoms with Crippen molar-refractivity contribution in [3.8, 4) is 29.6 Å². The lowest BCUT2D eigenvalue weighted by Gasteiger charge is -2.10. The molecule has 7 aromatic heterocycles. The minimum absolute atomic E-state index is 0.0439. The lowest BCUT2D eigenvalue weighted by Crippen LogP contribution is -2.26. The Balaban J connectivity index is 0.000000163. The number of para-hydroxylation sites is 1. The molecule has 0 atom stereocenters. The Bertz CT molecular complexity index is 2970. The normalized spacial score (nSPS) is 10.3. The highest BCUT2D eigenvalue weighted by Crippen LogP contribution is 2.20. The third-order valence-corrected chi connectivity index (χ3v) is 8.21. The molecule has 1 aromatic carbocycles. The number of nitriles is 2. The van der Waals surface area contributed by atoms with Crippen molar-refractivity contribution in [1.82, 2.24) is 69.5 Å². The molecule has 0 aliphatic heterocycles. The number of benzene rings is 1. The van der Waals surface area contributed by atoms with Crippen LogP contribution >= 0.6 is 11.6 Å². The number of hydrogen-bond acceptors (Lipinski definition) is 18. The summed E-state index contributed by atoms with van der Waals surface area (Å²) in [5.41, 5.74) is 17.9. The van der Waals surface area contributed by atoms with E-state index < -0.39 is 17.6 Å². The molecule has 0 bridgehead atoms. The fourth-order valence-corrected chi connectivity index (χ4v) is 5.46. The van der Waals surface area contributed by atoms with E-state index in [1.807, 2.05) is 36.4 Å². The molecule has 8 N–H and O–H groups in total. The maximum atomic E-state index is 12.6. The number of halogens is 1. The van der Waals surface area contributed by atoms with Crippen LogP contribution < -0.4 is 22.5 Å². The van der Waals surface area contributed by atoms with Crippen LogP contribution in [0, 0.1) is 22.7 Å². The number of amides is 1. The van der Waals surface area contributed by atoms with Gasteiger partial charge in [0.1, 0.15) is 17.8 Å². The standard InChI is InChI=1S/C19H14N8O.C9H8ClN5O.C9H6N6O2/c20-10-14-18(27-9-3-8-24-27)26-17(21)16(25-14)19(28)23-11-13-5-1-4-12-6-2-7-22-15(12)13;1-5(16)6-8(11)14-9(7(10)13-6)15-4-2-3-12-15;10-4-5-8(15-3-1-2-12-15)14-7(11)6(13-5)9(16)17/h1-9H,11H2,(H2,21,26)(H,23,28);2-4H,1H3,(H2,11,14);1-3H,(H2,11,14)(H,16,17). The van der Waals surface area contributed by atoms with Crippen molar-refractivity contribution >= 4 is 57.6 Å². The van der Waals surface area contributed by atoms with Crippen LogP contribution in [-0.4, -0.2) is 87.0 Å². The second kappa shape index (κ2) is 18.4. The number of carboxylic acid groups (broad SMARTS) is 1. The highest BCUT2D eigenvalue weighted by Gasteiger charge is 2.20. The van der Waals surface area contributed by atoms with Crippen LogP contribution in [0.25, 0.3) is 28.4 Å². The molecule has 0 radical (unpaired) electrons. The van der Waals surface area contributed by atoms with Crippen molar-refractivity contribution in [3.63, 3.8) is 0 Å². The van der Waals surface area contributed by atoms with Crippen LogP contribution in [0.1, 0.15) is 55.3 Å². The van der Waals surface area contributed by atoms with E-state index in [4.69, 9.17) is 39.2 Å². The number of anilines is 3. The highest BCUT2D eigenvalue weighted by atomic mass is 35.5. The predicted molar refractivity (Wildman–Crippen MR) is 215 cm³/mol. The van der Waals surface area contributed by atoms with Gasteiger partial charge in [-0.1, -0.05) is 35.9 Å². The van der Waals surface area contributed by atoms with Gasteiger partial charge in [-0.05, 0) is 29.8 Å². The van der Waals surface area contributed by atoms with Crippen molar-refractivity contribution in [3.05, 3.63) is 131 Å². The Morgan fingerprint density at radius 1 is 0.689 bits per heavy atom. The van der Waals surface area contributed by atoms with E-state index in [0.29, 0.717) is 5.82 Å². The number of ketones is 1. The zero-order chi connectivity index (χ0) is 43.6. The molecule has 0 fully saturated rings. The number of rotatable bonds is 8. The summed E-state index contributed by atoms with van der Waals surface area (Å²) in [7, 11) is 0. The molecule has 0 aliphatic rings. The maximum absolute atomic E-state index is 12.6. The van der Waals surface area contributed by atoms with Crippen molar-refractivity contribution in [1.29, 1.82) is 10.5 Å². The molecule has 0 spiro atoms. The summed E-state index contributed by atoms with van der Waals surface area (Å²) in [6.45, 7) is 1.58. The number of nitrogens with zero attached hydrogens (tertiary/aromatic N) is 15. The highest BCUT2D eigenvalue weighted by molar-refractivity contribution is 6.31. The summed E-state index contributed by atoms with van der Waals surface area (Å²) < 4.78 is 4.08. The fourth-order valence-electron chi connectivity index (χ4n) is 5.25. The lowest BCUT2D eigenvalue weighted by atomic mass is 10.1. The third kappa shape index (κ3) is 9.33. The minimum atomic E-state index is -1.33. The Morgan fingerprint density at radius 2 is 1.20 bits per heavy atom. The average Bonchev–Trinajstić information content (AvgIpc) is 4.09. The number of carboxylic acids is 1. The number of nitrogens with one attached hydrogen (secondary N) is 1. The molecule has 8 aromatic rings. The first kappa shape index (κ1) is 41.4. The van der Waals surface area contributed by atoms with Crippen LogP contribution in [0.2, 0.25) is 5.15 Å². The monoisotopic (exact) mass is 837 g/mol. The summed E-state index contributed by atoms with van der Waals surface area (Å²) in [5, 5.41) is 42.7. The Hall–Kier alpha value is -9.22. The van der Waals surface area contributed by atoms with Crippen molar-refractivity contribution in [2.24, 2.45) is 0 Å². The number of carbonyl (C=O) groups is 3. The number of nitrogens with two attached hydrogens (primary N) is 3. The first-order valence-corrected chi connectivity index (χ1v) is 17.6. The number of Topliss-reactive ketones (excluding diaryl/α,β-unsaturated/α-hetero) is 1. The summed E-state index contributed by atoms with van der Waals surface area (Å²) in [6.07, 6.45) is 11.1. The van der Waals surface area contributed by atoms with E-state index in [-0.39, 0.29) is 69.3 Å². The summed E-state index contributed by atoms with van der Waals surface area (Å²) in [4.78, 5) is 62.5. The number of aromatic carboxylic acids is 1. The molecule has 0 aliphatic carbocycles. The Kier molecular flexibility index (Phi) is 12.5. The number of pyridine rings is 1. The van der Waals surface area contributed by atoms with Crippen LogP contribution in [-0.2, 0) is 6.54 Å². The van der Waals surface area contributed by atoms with Gasteiger partial charge < -0.3 is 27.6 Å². The van der Waals surface area contributed by atoms with Gasteiger partial charge in [0.15, 0.2) is 68.6 Å². The van der Waals surface area contributed by atoms with Crippen LogP contribution in [0.3, 0.4) is 0 Å². The van der Waals surface area contributed by atoms with Gasteiger partial charge in [-0.2, -0.15) is 25.8 Å². The van der Waals surface area contributed by atoms with Gasteiger partial charge in [0.05, 0.1) is 5.52 Å². The van der Waals surface area contributed by atoms with Crippen LogP contribution in [0.5, 0.6) is 0 Å². The molecule has 302 valence electrons. The van der Waals surface area contributed by atoms with Crippen molar-refractivity contribution in [2.75, 3.05) is 17.2 Å². The zero-order valence-corrected chi connectivity index (χ0v) is 32.1. The van der Waals surface area contributed by atoms with E-state index in [1.54, 1.807) is 55.3 Å². The molecular formula is C37H28ClN19O4. The first-order valence-electron chi connectivity index (χ1n) is 17.2. The van der Waals surface area contributed by atoms with E-state index in [0.717, 1.165) is 16.5 Å². The lowest BCUT2D eigenvalue weighted by molar-refractivity contribution is 0.0690. The molecule has 0 saturated carbocycles. The molecular weight excluding hydrogens is 810 g/mol. The van der Waals surface area contributed by atoms with Gasteiger partial charge in [0, 0.05) is 62.2 Å². The van der Waals surface area contributed by atoms with Gasteiger partial charge in [-0.25, -0.2) is 48.7 Å². The van der Waals surface area contributed by atoms with Crippen molar-refractivity contribution < 1.29 is 19.5 Å². The predicted octanol–water partition coefficient (Wildman–Crippen LogP) is 2.51. The quantitative estimate of drug-likeness (QED) is 0.137. The van der Waals surface area contributed by atoms with Crippen LogP contribution in [0.15, 0.2) is 91.9 Å². The van der Waals surface area contributed by atoms with Crippen LogP contribution in [0.4, 0.5) is 17.5 Å². The molecule has 0 saturated heterocycles. The van der Waals surface area contributed by atoms with Gasteiger partial charge >= 0.3 is 5.97 Å². The number of hydrogen-bond donors (Lipinski definition) is 5. The molecule has 8 rings (SSSR count). The number of nitrogen functional groups attached to an aromatic ring is 3. The molecule has 24 heteroatoms. The Labute approximate surface area is 347 Å². The number of carbonyl (C=O) groups excluding carboxylic acids is 2. The Morgan fingerprint density at radius 3 is 1.72 bits per heavy atom. The molecule has 61 heavy (non-hydrogen) atoms. The second-order valence-electron chi connectivity index (χ2n) is 11.9. The van der Waals surface area contributed by atoms with E-state index in [1.165, 1.54) is 33.4 Å². The van der Waals surface area contributed by atoms with Crippen molar-refractivity contribution in [2.45, 2.75) is 13.5 Å². The second-order valence-corrected chi connectivity index (χ2v) is 12.3. The van der Waals surface area contributed by atoms with E-state index in [9.17, 15) is 19.6 Å². The summed E-state index contributed by atoms with van der Waals surface area (Å²) >= 11 is 5.89. The topological polar surface area (TPSA) is 353 Å². The number of fused-ring (bicyclic) bond motifs is 1. The maximum Gasteiger partial charge on any atom is 0.358 e. The molecule has 1 amide bonds. The average molecular weight is 838 g/mol. The zero-order valence-electron chi connectivity index (χ0n) is 31.4. The minimum Gasteiger partial charge on any atom is -0.476 e. The number of aromatic nitrogens is 13. The van der Waals surface area contributed by atoms with Gasteiger partial charge in [-0.15, -0.1) is 0 Å². The van der Waals surface area contributed by atoms with Gasteiger partial charge in [0.25, 0.3) is 5.91 Å². The SMILES string of the molecule is CC(=O)c1nc(Cl)c(-n2cccn2)nc1N.N#Cc1nc(C(=O)NCc2cccc3cccnc23)c(N)nc1-n1cccn1.N#Cc1nc(C(=O)O)c(N)nc1-n1cccn1. The molecule has 0 unspecified atom stereocenters. The first-order chi connectivity index (χ1) is 29.4. The van der Waals surface area contributed by atoms with E-state index in [2.05, 4.69) is 55.5 Å². The van der Waals surface area contributed by atoms with Gasteiger partial charge in [-0.3, -0.25) is 14.6 Å². The smallest absolute Gasteiger partial charge is 0.358 e. The van der Waals surface area contributed by atoms with Gasteiger partial charge in [0.2, 0.25) is 0 Å². The fraction of sp³-hybridized carbons (Fsp3) is 0.0541. The molecule has 23 nitrogen and oxygen atoms in total. The molecule has 7 heterocycles. The third-order valence-electron chi connectivity index (χ3n) is 7.96. The largest absolute Gasteiger partial charge is 0.476 e. The summed E-state index contributed by atoms with van der Waals surface area (Å²) in [6, 6.07) is 18.2. The van der Waals surface area contributed by atoms with E-state index >= 15 is 0 Å². The summed E-state index contributed by atoms with van der Waals surface area (Å²) in [5.74, 6) is -1.88.